The molecule has 1 aromatic rings. The lowest BCUT2D eigenvalue weighted by atomic mass is 9.75. The predicted molar refractivity (Wildman–Crippen MR) is 93.6 cm³/mol. The number of hydrogen-bond acceptors (Lipinski definition) is 3. The first-order valence-corrected chi connectivity index (χ1v) is 9.77. The van der Waals surface area contributed by atoms with E-state index in [0.717, 1.165) is 31.1 Å². The summed E-state index contributed by atoms with van der Waals surface area (Å²) in [6.07, 6.45) is 5.32. The minimum atomic E-state index is -0.117. The van der Waals surface area contributed by atoms with Crippen molar-refractivity contribution in [2.75, 3.05) is 32.7 Å². The molecule has 1 aromatic carbocycles. The van der Waals surface area contributed by atoms with Crippen molar-refractivity contribution in [1.29, 1.82) is 0 Å². The van der Waals surface area contributed by atoms with Crippen LogP contribution in [0.3, 0.4) is 0 Å². The summed E-state index contributed by atoms with van der Waals surface area (Å²) in [5.74, 6) is 1.31. The van der Waals surface area contributed by atoms with Crippen molar-refractivity contribution >= 4 is 0 Å². The summed E-state index contributed by atoms with van der Waals surface area (Å²) in [4.78, 5) is 5.62. The summed E-state index contributed by atoms with van der Waals surface area (Å²) in [6.45, 7) is 6.02. The molecule has 0 spiro atoms. The van der Waals surface area contributed by atoms with Crippen molar-refractivity contribution in [3.8, 4) is 0 Å². The molecule has 130 valence electrons. The summed E-state index contributed by atoms with van der Waals surface area (Å²) >= 11 is 0. The second-order valence-electron chi connectivity index (χ2n) is 8.19. The van der Waals surface area contributed by atoms with Gasteiger partial charge in [0, 0.05) is 30.6 Å². The van der Waals surface area contributed by atoms with Crippen LogP contribution in [0.1, 0.15) is 37.2 Å². The number of nitrogens with zero attached hydrogens (tertiary/aromatic N) is 2. The van der Waals surface area contributed by atoms with Crippen molar-refractivity contribution in [3.63, 3.8) is 0 Å². The molecule has 0 radical (unpaired) electrons. The molecule has 0 unspecified atom stereocenters. The summed E-state index contributed by atoms with van der Waals surface area (Å²) in [6, 6.07) is 9.48. The van der Waals surface area contributed by atoms with Crippen molar-refractivity contribution in [2.24, 2.45) is 5.92 Å². The van der Waals surface area contributed by atoms with Crippen LogP contribution in [0.5, 0.6) is 0 Å². The lowest BCUT2D eigenvalue weighted by Crippen LogP contribution is -2.61. The molecule has 24 heavy (non-hydrogen) atoms. The number of nitrogens with one attached hydrogen (secondary N) is 1. The maximum atomic E-state index is 13.4. The monoisotopic (exact) mass is 329 g/mol. The van der Waals surface area contributed by atoms with Gasteiger partial charge in [0.1, 0.15) is 5.82 Å². The fourth-order valence-electron chi connectivity index (χ4n) is 6.01. The van der Waals surface area contributed by atoms with E-state index in [1.807, 2.05) is 12.1 Å². The molecule has 3 atom stereocenters. The fourth-order valence-corrected chi connectivity index (χ4v) is 6.01. The number of piperidine rings is 4. The van der Waals surface area contributed by atoms with Crippen LogP contribution in [-0.4, -0.2) is 60.6 Å². The van der Waals surface area contributed by atoms with Crippen LogP contribution in [0.2, 0.25) is 0 Å². The second-order valence-corrected chi connectivity index (χ2v) is 8.19. The van der Waals surface area contributed by atoms with E-state index in [0.29, 0.717) is 12.0 Å². The van der Waals surface area contributed by atoms with Crippen LogP contribution >= 0.6 is 0 Å². The fraction of sp³-hybridized carbons (Fsp3) is 0.700. The molecule has 5 saturated heterocycles. The zero-order valence-electron chi connectivity index (χ0n) is 14.3. The number of benzene rings is 1. The molecule has 1 N–H and O–H groups in total. The van der Waals surface area contributed by atoms with E-state index < -0.39 is 0 Å². The summed E-state index contributed by atoms with van der Waals surface area (Å²) in [5.41, 5.74) is 1.34. The summed E-state index contributed by atoms with van der Waals surface area (Å²) in [7, 11) is 0. The van der Waals surface area contributed by atoms with E-state index >= 15 is 0 Å². The Hall–Kier alpha value is -0.970. The van der Waals surface area contributed by atoms with E-state index in [4.69, 9.17) is 0 Å². The molecule has 6 rings (SSSR count). The molecular weight excluding hydrogens is 301 g/mol. The van der Waals surface area contributed by atoms with Gasteiger partial charge in [-0.3, -0.25) is 9.80 Å². The van der Waals surface area contributed by atoms with Crippen LogP contribution in [0.25, 0.3) is 0 Å². The average Bonchev–Trinajstić information content (AvgIpc) is 3.07. The molecule has 5 heterocycles. The van der Waals surface area contributed by atoms with Gasteiger partial charge in [-0.1, -0.05) is 12.1 Å². The van der Waals surface area contributed by atoms with Crippen molar-refractivity contribution in [2.45, 2.75) is 49.7 Å². The SMILES string of the molecule is Fc1ccc([C@@H]2CN(C3CCNCC3)[C@@H]3C4CCN(CC4)[C@@H]32)cc1. The Morgan fingerprint density at radius 1 is 0.917 bits per heavy atom. The normalized spacial score (nSPS) is 40.0. The topological polar surface area (TPSA) is 18.5 Å². The largest absolute Gasteiger partial charge is 0.317 e. The van der Waals surface area contributed by atoms with E-state index in [1.54, 1.807) is 12.1 Å². The van der Waals surface area contributed by atoms with Gasteiger partial charge in [0.05, 0.1) is 0 Å². The minimum absolute atomic E-state index is 0.117. The molecule has 5 fully saturated rings. The van der Waals surface area contributed by atoms with Crippen LogP contribution in [0.15, 0.2) is 24.3 Å². The Morgan fingerprint density at radius 2 is 1.62 bits per heavy atom. The Labute approximate surface area is 144 Å². The van der Waals surface area contributed by atoms with E-state index in [2.05, 4.69) is 15.1 Å². The molecule has 4 heteroatoms. The molecular formula is C20H28FN3. The minimum Gasteiger partial charge on any atom is -0.317 e. The highest BCUT2D eigenvalue weighted by Crippen LogP contribution is 2.47. The first kappa shape index (κ1) is 15.3. The zero-order valence-corrected chi connectivity index (χ0v) is 14.3. The van der Waals surface area contributed by atoms with Crippen LogP contribution in [-0.2, 0) is 0 Å². The Bertz CT molecular complexity index is 575. The molecule has 5 aliphatic rings. The maximum absolute atomic E-state index is 13.4. The maximum Gasteiger partial charge on any atom is 0.123 e. The standard InChI is InChI=1S/C20H28FN3/c21-16-3-1-14(2-4-16)18-13-24(17-5-9-22-10-6-17)19-15-7-11-23(12-8-15)20(18)19/h1-4,15,17-20,22H,5-13H2/t18-,19+,20+/m0/s1. The van der Waals surface area contributed by atoms with E-state index in [9.17, 15) is 4.39 Å². The van der Waals surface area contributed by atoms with Gasteiger partial charge < -0.3 is 5.32 Å². The molecule has 2 bridgehead atoms. The number of hydrogen-bond donors (Lipinski definition) is 1. The third kappa shape index (κ3) is 2.42. The third-order valence-electron chi connectivity index (χ3n) is 7.11. The molecule has 3 nitrogen and oxygen atoms in total. The van der Waals surface area contributed by atoms with Gasteiger partial charge in [0.2, 0.25) is 0 Å². The molecule has 5 aliphatic heterocycles. The lowest BCUT2D eigenvalue weighted by molar-refractivity contribution is -0.0223. The van der Waals surface area contributed by atoms with Crippen LogP contribution in [0.4, 0.5) is 4.39 Å². The van der Waals surface area contributed by atoms with Gasteiger partial charge in [-0.15, -0.1) is 0 Å². The molecule has 0 saturated carbocycles. The zero-order chi connectivity index (χ0) is 16.1. The smallest absolute Gasteiger partial charge is 0.123 e. The second kappa shape index (κ2) is 6.08. The Kier molecular flexibility index (Phi) is 3.88. The highest BCUT2D eigenvalue weighted by molar-refractivity contribution is 5.27. The molecule has 0 amide bonds. The number of halogens is 1. The van der Waals surface area contributed by atoms with Gasteiger partial charge in [-0.05, 0) is 75.5 Å². The van der Waals surface area contributed by atoms with Crippen LogP contribution in [0, 0.1) is 11.7 Å². The predicted octanol–water partition coefficient (Wildman–Crippen LogP) is 2.44. The number of rotatable bonds is 2. The highest BCUT2D eigenvalue weighted by Gasteiger charge is 2.54. The van der Waals surface area contributed by atoms with Crippen molar-refractivity contribution in [3.05, 3.63) is 35.6 Å². The van der Waals surface area contributed by atoms with E-state index in [1.165, 1.54) is 50.9 Å². The lowest BCUT2D eigenvalue weighted by Gasteiger charge is -2.52. The Morgan fingerprint density at radius 3 is 2.33 bits per heavy atom. The van der Waals surface area contributed by atoms with Gasteiger partial charge in [0.15, 0.2) is 0 Å². The van der Waals surface area contributed by atoms with Crippen LogP contribution < -0.4 is 5.32 Å². The number of fused-ring (bicyclic) bond motifs is 2. The summed E-state index contributed by atoms with van der Waals surface area (Å²) < 4.78 is 13.4. The molecule has 0 aromatic heterocycles. The van der Waals surface area contributed by atoms with Crippen molar-refractivity contribution in [1.82, 2.24) is 15.1 Å². The van der Waals surface area contributed by atoms with Gasteiger partial charge in [-0.25, -0.2) is 4.39 Å². The van der Waals surface area contributed by atoms with Gasteiger partial charge >= 0.3 is 0 Å². The van der Waals surface area contributed by atoms with Gasteiger partial charge in [-0.2, -0.15) is 0 Å². The molecule has 0 aliphatic carbocycles. The summed E-state index contributed by atoms with van der Waals surface area (Å²) in [5, 5.41) is 3.51. The first-order valence-electron chi connectivity index (χ1n) is 9.77. The average molecular weight is 329 g/mol. The van der Waals surface area contributed by atoms with Gasteiger partial charge in [0.25, 0.3) is 0 Å². The highest BCUT2D eigenvalue weighted by atomic mass is 19.1. The van der Waals surface area contributed by atoms with Crippen molar-refractivity contribution < 1.29 is 4.39 Å². The first-order chi connectivity index (χ1) is 11.8. The number of likely N-dealkylation sites (tertiary alicyclic amines) is 1. The van der Waals surface area contributed by atoms with E-state index in [-0.39, 0.29) is 5.82 Å². The Balaban J connectivity index is 1.48. The quantitative estimate of drug-likeness (QED) is 0.899. The third-order valence-corrected chi connectivity index (χ3v) is 7.11.